The van der Waals surface area contributed by atoms with Crippen molar-refractivity contribution in [1.82, 2.24) is 15.0 Å². The molecule has 1 aromatic carbocycles. The highest BCUT2D eigenvalue weighted by Gasteiger charge is 2.36. The molecule has 4 rings (SSSR count). The molecule has 1 aliphatic heterocycles. The molecule has 1 atom stereocenters. The Hall–Kier alpha value is -2.92. The van der Waals surface area contributed by atoms with Gasteiger partial charge in [-0.05, 0) is 23.6 Å². The number of sulfonamides is 1. The lowest BCUT2D eigenvalue weighted by molar-refractivity contribution is -0.138. The van der Waals surface area contributed by atoms with Gasteiger partial charge in [-0.1, -0.05) is 23.4 Å². The molecule has 3 heterocycles. The van der Waals surface area contributed by atoms with E-state index >= 15 is 0 Å². The second-order valence-electron chi connectivity index (χ2n) is 6.55. The van der Waals surface area contributed by atoms with Gasteiger partial charge in [0.15, 0.2) is 6.10 Å². The van der Waals surface area contributed by atoms with Crippen molar-refractivity contribution in [2.45, 2.75) is 12.6 Å². The molecule has 0 N–H and O–H groups in total. The Balaban J connectivity index is 1.50. The molecule has 0 saturated heterocycles. The number of hydrogen-bond donors (Lipinski definition) is 0. The smallest absolute Gasteiger partial charge is 0.265 e. The fourth-order valence-electron chi connectivity index (χ4n) is 3.00. The highest BCUT2D eigenvalue weighted by Crippen LogP contribution is 2.35. The predicted molar refractivity (Wildman–Crippen MR) is 107 cm³/mol. The molecule has 0 saturated carbocycles. The van der Waals surface area contributed by atoms with Crippen LogP contribution in [0.3, 0.4) is 0 Å². The van der Waals surface area contributed by atoms with Gasteiger partial charge in [-0.2, -0.15) is 4.98 Å². The number of hydrogen-bond acceptors (Lipinski definition) is 8. The van der Waals surface area contributed by atoms with Gasteiger partial charge in [-0.15, -0.1) is 11.3 Å². The van der Waals surface area contributed by atoms with Gasteiger partial charge in [0.2, 0.25) is 21.7 Å². The van der Waals surface area contributed by atoms with Gasteiger partial charge >= 0.3 is 0 Å². The van der Waals surface area contributed by atoms with E-state index in [0.717, 1.165) is 11.1 Å². The molecule has 3 aromatic rings. The van der Waals surface area contributed by atoms with E-state index < -0.39 is 16.1 Å². The number of amides is 1. The summed E-state index contributed by atoms with van der Waals surface area (Å²) in [6.07, 6.45) is 0.120. The summed E-state index contributed by atoms with van der Waals surface area (Å²) in [5.74, 6) is 0.695. The van der Waals surface area contributed by atoms with E-state index in [4.69, 9.17) is 9.26 Å². The van der Waals surface area contributed by atoms with Crippen molar-refractivity contribution in [2.24, 2.45) is 0 Å². The summed E-state index contributed by atoms with van der Waals surface area (Å²) >= 11 is 1.49. The van der Waals surface area contributed by atoms with Crippen molar-refractivity contribution in [1.29, 1.82) is 0 Å². The molecule has 11 heteroatoms. The molecule has 0 aliphatic carbocycles. The average molecular weight is 434 g/mol. The second-order valence-corrected chi connectivity index (χ2v) is 9.41. The third kappa shape index (κ3) is 3.96. The van der Waals surface area contributed by atoms with Gasteiger partial charge in [0.1, 0.15) is 5.75 Å². The van der Waals surface area contributed by atoms with Gasteiger partial charge in [0.05, 0.1) is 29.9 Å². The number of ether oxygens (including phenoxy) is 1. The summed E-state index contributed by atoms with van der Waals surface area (Å²) in [5.41, 5.74) is 0.416. The lowest BCUT2D eigenvalue weighted by atomic mass is 10.2. The molecule has 0 fully saturated rings. The molecule has 1 amide bonds. The monoisotopic (exact) mass is 434 g/mol. The van der Waals surface area contributed by atoms with Gasteiger partial charge in [-0.3, -0.25) is 9.10 Å². The number of anilines is 1. The van der Waals surface area contributed by atoms with Crippen molar-refractivity contribution in [3.63, 3.8) is 0 Å². The van der Waals surface area contributed by atoms with Crippen LogP contribution in [0.1, 0.15) is 5.89 Å². The molecule has 1 aliphatic rings. The van der Waals surface area contributed by atoms with Crippen LogP contribution in [0.25, 0.3) is 10.7 Å². The molecule has 29 heavy (non-hydrogen) atoms. The van der Waals surface area contributed by atoms with Crippen molar-refractivity contribution in [3.8, 4) is 16.5 Å². The summed E-state index contributed by atoms with van der Waals surface area (Å²) in [6, 6.07) is 10.5. The number of rotatable bonds is 5. The van der Waals surface area contributed by atoms with E-state index in [2.05, 4.69) is 10.1 Å². The normalized spacial score (nSPS) is 16.2. The SMILES string of the molecule is CN(Cc1nc(-c2cccs2)no1)C(=O)C1CN(S(C)(=O)=O)c2ccccc2O1. The molecule has 9 nitrogen and oxygen atoms in total. The van der Waals surface area contributed by atoms with Crippen molar-refractivity contribution >= 4 is 33.0 Å². The Morgan fingerprint density at radius 3 is 2.83 bits per heavy atom. The van der Waals surface area contributed by atoms with Crippen molar-refractivity contribution < 1.29 is 22.5 Å². The largest absolute Gasteiger partial charge is 0.476 e. The number of fused-ring (bicyclic) bond motifs is 1. The average Bonchev–Trinajstić information content (AvgIpc) is 3.37. The summed E-state index contributed by atoms with van der Waals surface area (Å²) in [4.78, 5) is 19.5. The van der Waals surface area contributed by atoms with Gasteiger partial charge in [-0.25, -0.2) is 8.42 Å². The number of aromatic nitrogens is 2. The van der Waals surface area contributed by atoms with Crippen LogP contribution in [0, 0.1) is 0 Å². The highest BCUT2D eigenvalue weighted by atomic mass is 32.2. The molecule has 0 radical (unpaired) electrons. The molecular weight excluding hydrogens is 416 g/mol. The van der Waals surface area contributed by atoms with E-state index in [-0.39, 0.29) is 24.9 Å². The first kappa shape index (κ1) is 19.4. The number of likely N-dealkylation sites (N-methyl/N-ethyl adjacent to an activating group) is 1. The maximum Gasteiger partial charge on any atom is 0.265 e. The van der Waals surface area contributed by atoms with E-state index in [0.29, 0.717) is 17.3 Å². The number of benzene rings is 1. The minimum Gasteiger partial charge on any atom is -0.476 e. The standard InChI is InChI=1S/C18H18N4O5S2/c1-21(11-16-19-17(20-27-16)15-8-5-9-28-15)18(23)14-10-22(29(2,24)25)12-6-3-4-7-13(12)26-14/h3-9,14H,10-11H2,1-2H3. The first-order valence-corrected chi connectivity index (χ1v) is 11.4. The summed E-state index contributed by atoms with van der Waals surface area (Å²) < 4.78 is 36.6. The number of carbonyl (C=O) groups is 1. The summed E-state index contributed by atoms with van der Waals surface area (Å²) in [5, 5.41) is 5.83. The molecule has 0 bridgehead atoms. The Kier molecular flexibility index (Phi) is 5.01. The molecular formula is C18H18N4O5S2. The van der Waals surface area contributed by atoms with Crippen LogP contribution in [-0.2, 0) is 21.4 Å². The van der Waals surface area contributed by atoms with Crippen LogP contribution in [0.2, 0.25) is 0 Å². The van der Waals surface area contributed by atoms with Gasteiger partial charge < -0.3 is 14.2 Å². The van der Waals surface area contributed by atoms with Gasteiger partial charge in [0, 0.05) is 7.05 Å². The maximum atomic E-state index is 12.9. The van der Waals surface area contributed by atoms with Crippen LogP contribution in [-0.4, -0.2) is 55.3 Å². The summed E-state index contributed by atoms with van der Waals surface area (Å²) in [6.45, 7) is -0.0269. The Morgan fingerprint density at radius 2 is 2.10 bits per heavy atom. The molecule has 0 spiro atoms. The van der Waals surface area contributed by atoms with Gasteiger partial charge in [0.25, 0.3) is 5.91 Å². The predicted octanol–water partition coefficient (Wildman–Crippen LogP) is 1.98. The van der Waals surface area contributed by atoms with Crippen LogP contribution in [0.4, 0.5) is 5.69 Å². The topological polar surface area (TPSA) is 106 Å². The highest BCUT2D eigenvalue weighted by molar-refractivity contribution is 7.92. The third-order valence-corrected chi connectivity index (χ3v) is 6.38. The van der Waals surface area contributed by atoms with Crippen LogP contribution in [0.5, 0.6) is 5.75 Å². The minimum atomic E-state index is -3.57. The summed E-state index contributed by atoms with van der Waals surface area (Å²) in [7, 11) is -1.99. The van der Waals surface area contributed by atoms with Crippen molar-refractivity contribution in [3.05, 3.63) is 47.7 Å². The Morgan fingerprint density at radius 1 is 1.31 bits per heavy atom. The fraction of sp³-hybridized carbons (Fsp3) is 0.278. The second kappa shape index (κ2) is 7.48. The van der Waals surface area contributed by atoms with Crippen LogP contribution >= 0.6 is 11.3 Å². The third-order valence-electron chi connectivity index (χ3n) is 4.37. The maximum absolute atomic E-state index is 12.9. The lowest BCUT2D eigenvalue weighted by Gasteiger charge is -2.35. The number of carbonyl (C=O) groups excluding carboxylic acids is 1. The molecule has 152 valence electrons. The zero-order valence-corrected chi connectivity index (χ0v) is 17.3. The first-order valence-electron chi connectivity index (χ1n) is 8.68. The molecule has 1 unspecified atom stereocenters. The quantitative estimate of drug-likeness (QED) is 0.604. The van der Waals surface area contributed by atoms with Crippen LogP contribution < -0.4 is 9.04 Å². The van der Waals surface area contributed by atoms with E-state index in [1.54, 1.807) is 31.3 Å². The number of thiophene rings is 1. The van der Waals surface area contributed by atoms with Crippen molar-refractivity contribution in [2.75, 3.05) is 24.2 Å². The zero-order chi connectivity index (χ0) is 20.6. The minimum absolute atomic E-state index is 0.0809. The number of nitrogens with zero attached hydrogens (tertiary/aromatic N) is 4. The van der Waals surface area contributed by atoms with E-state index in [9.17, 15) is 13.2 Å². The molecule has 2 aromatic heterocycles. The first-order chi connectivity index (χ1) is 13.8. The Bertz CT molecular complexity index is 1130. The fourth-order valence-corrected chi connectivity index (χ4v) is 4.56. The van der Waals surface area contributed by atoms with Crippen LogP contribution in [0.15, 0.2) is 46.3 Å². The van der Waals surface area contributed by atoms with E-state index in [1.807, 2.05) is 17.5 Å². The number of para-hydroxylation sites is 2. The lowest BCUT2D eigenvalue weighted by Crippen LogP contribution is -2.50. The zero-order valence-electron chi connectivity index (χ0n) is 15.7. The Labute approximate surface area is 171 Å². The van der Waals surface area contributed by atoms with E-state index in [1.165, 1.54) is 20.5 Å².